The van der Waals surface area contributed by atoms with E-state index in [1.54, 1.807) is 35.9 Å². The molecule has 0 N–H and O–H groups in total. The summed E-state index contributed by atoms with van der Waals surface area (Å²) >= 11 is 0. The zero-order valence-corrected chi connectivity index (χ0v) is 19.7. The Morgan fingerprint density at radius 3 is 2.47 bits per heavy atom. The summed E-state index contributed by atoms with van der Waals surface area (Å²) in [5.74, 6) is -1.15. The molecule has 174 valence electrons. The maximum atomic E-state index is 13.4. The number of nitrogens with zero attached hydrogens (tertiary/aromatic N) is 4. The van der Waals surface area contributed by atoms with Gasteiger partial charge in [-0.05, 0) is 57.0 Å². The van der Waals surface area contributed by atoms with Gasteiger partial charge in [0.1, 0.15) is 16.9 Å². The van der Waals surface area contributed by atoms with Gasteiger partial charge in [0.15, 0.2) is 5.49 Å². The topological polar surface area (TPSA) is 95.0 Å². The molecule has 8 heteroatoms. The van der Waals surface area contributed by atoms with Gasteiger partial charge < -0.3 is 9.30 Å². The largest absolute Gasteiger partial charge is 0.462 e. The minimum atomic E-state index is -0.654. The number of carbonyl (C=O) groups excluding carboxylic acids is 2. The number of ether oxygens (including phenoxy) is 1. The quantitative estimate of drug-likeness (QED) is 0.336. The van der Waals surface area contributed by atoms with Crippen LogP contribution >= 0.6 is 0 Å². The standard InChI is InChI=1S/C26H26N4O4/c1-5-13-29-22-19(25(32)30-14-7-8-17(4)21(30)27-22)15-20(26(33)34-6-2)23(29)28-24(31)18-11-9-16(3)10-12-18/h7-12,14-15H,5-6,13H2,1-4H3. The number of hydrogen-bond donors (Lipinski definition) is 0. The Kier molecular flexibility index (Phi) is 6.40. The van der Waals surface area contributed by atoms with Gasteiger partial charge in [-0.15, -0.1) is 0 Å². The predicted octanol–water partition coefficient (Wildman–Crippen LogP) is 3.59. The van der Waals surface area contributed by atoms with Crippen LogP contribution in [0.3, 0.4) is 0 Å². The van der Waals surface area contributed by atoms with Gasteiger partial charge in [-0.25, -0.2) is 9.78 Å². The third-order valence-electron chi connectivity index (χ3n) is 5.55. The molecule has 4 rings (SSSR count). The lowest BCUT2D eigenvalue weighted by Gasteiger charge is -2.15. The Hall–Kier alpha value is -4.07. The number of fused-ring (bicyclic) bond motifs is 2. The van der Waals surface area contributed by atoms with E-state index in [0.29, 0.717) is 29.8 Å². The van der Waals surface area contributed by atoms with Crippen LogP contribution in [0, 0.1) is 13.8 Å². The van der Waals surface area contributed by atoms with Crippen LogP contribution in [0.5, 0.6) is 0 Å². The molecule has 0 aliphatic carbocycles. The van der Waals surface area contributed by atoms with Crippen molar-refractivity contribution in [2.24, 2.45) is 4.99 Å². The maximum absolute atomic E-state index is 13.4. The normalized spacial score (nSPS) is 11.8. The molecule has 1 amide bonds. The van der Waals surface area contributed by atoms with E-state index >= 15 is 0 Å². The van der Waals surface area contributed by atoms with Crippen LogP contribution in [0.25, 0.3) is 16.7 Å². The Morgan fingerprint density at radius 2 is 1.79 bits per heavy atom. The Bertz CT molecular complexity index is 1550. The number of amides is 1. The highest BCUT2D eigenvalue weighted by Crippen LogP contribution is 2.14. The molecule has 0 aliphatic heterocycles. The summed E-state index contributed by atoms with van der Waals surface area (Å²) in [5.41, 5.74) is 2.98. The Balaban J connectivity index is 2.13. The van der Waals surface area contributed by atoms with Gasteiger partial charge in [-0.2, -0.15) is 4.99 Å². The highest BCUT2D eigenvalue weighted by Gasteiger charge is 2.20. The van der Waals surface area contributed by atoms with Crippen LogP contribution in [0.1, 0.15) is 52.1 Å². The number of rotatable bonds is 5. The zero-order chi connectivity index (χ0) is 24.4. The second-order valence-electron chi connectivity index (χ2n) is 8.08. The number of benzene rings is 1. The molecule has 0 radical (unpaired) electrons. The molecule has 0 bridgehead atoms. The molecule has 8 nitrogen and oxygen atoms in total. The van der Waals surface area contributed by atoms with Gasteiger partial charge in [0.2, 0.25) is 0 Å². The van der Waals surface area contributed by atoms with Crippen molar-refractivity contribution >= 4 is 28.6 Å². The van der Waals surface area contributed by atoms with Crippen molar-refractivity contribution in [1.29, 1.82) is 0 Å². The Labute approximate surface area is 196 Å². The SMILES string of the molecule is CCCn1c(=NC(=O)c2ccc(C)cc2)c(C(=O)OCC)cc2c(=O)n3cccc(C)c3nc21. The first kappa shape index (κ1) is 23.1. The van der Waals surface area contributed by atoms with Crippen LogP contribution in [0.15, 0.2) is 58.4 Å². The second-order valence-corrected chi connectivity index (χ2v) is 8.08. The van der Waals surface area contributed by atoms with Crippen molar-refractivity contribution in [3.63, 3.8) is 0 Å². The fourth-order valence-corrected chi connectivity index (χ4v) is 3.86. The van der Waals surface area contributed by atoms with E-state index in [2.05, 4.69) is 4.99 Å². The van der Waals surface area contributed by atoms with Gasteiger partial charge in [-0.1, -0.05) is 30.7 Å². The van der Waals surface area contributed by atoms with Crippen molar-refractivity contribution in [3.05, 3.63) is 86.8 Å². The average Bonchev–Trinajstić information content (AvgIpc) is 2.82. The molecule has 0 spiro atoms. The number of pyridine rings is 2. The molecule has 3 heterocycles. The van der Waals surface area contributed by atoms with Crippen LogP contribution in [0.4, 0.5) is 0 Å². The minimum Gasteiger partial charge on any atom is -0.462 e. The van der Waals surface area contributed by atoms with Crippen molar-refractivity contribution in [2.75, 3.05) is 6.61 Å². The molecule has 0 unspecified atom stereocenters. The van der Waals surface area contributed by atoms with E-state index < -0.39 is 11.9 Å². The summed E-state index contributed by atoms with van der Waals surface area (Å²) in [6.07, 6.45) is 2.31. The summed E-state index contributed by atoms with van der Waals surface area (Å²) in [7, 11) is 0. The van der Waals surface area contributed by atoms with Crippen molar-refractivity contribution in [3.8, 4) is 0 Å². The molecule has 0 atom stereocenters. The summed E-state index contributed by atoms with van der Waals surface area (Å²) in [5, 5.41) is 0.251. The molecular weight excluding hydrogens is 432 g/mol. The summed E-state index contributed by atoms with van der Waals surface area (Å²) in [6.45, 7) is 8.00. The lowest BCUT2D eigenvalue weighted by atomic mass is 10.1. The number of carbonyl (C=O) groups is 2. The van der Waals surface area contributed by atoms with E-state index in [9.17, 15) is 14.4 Å². The van der Waals surface area contributed by atoms with Crippen molar-refractivity contribution < 1.29 is 14.3 Å². The first-order valence-corrected chi connectivity index (χ1v) is 11.2. The van der Waals surface area contributed by atoms with Gasteiger partial charge in [0.05, 0.1) is 12.0 Å². The summed E-state index contributed by atoms with van der Waals surface area (Å²) < 4.78 is 8.37. The highest BCUT2D eigenvalue weighted by molar-refractivity contribution is 5.97. The van der Waals surface area contributed by atoms with Gasteiger partial charge in [0.25, 0.3) is 11.5 Å². The number of hydrogen-bond acceptors (Lipinski definition) is 5. The molecule has 1 aromatic carbocycles. The Morgan fingerprint density at radius 1 is 1.06 bits per heavy atom. The lowest BCUT2D eigenvalue weighted by molar-refractivity contribution is 0.0523. The zero-order valence-electron chi connectivity index (χ0n) is 19.7. The fourth-order valence-electron chi connectivity index (χ4n) is 3.86. The van der Waals surface area contributed by atoms with E-state index in [1.165, 1.54) is 10.5 Å². The van der Waals surface area contributed by atoms with E-state index in [-0.39, 0.29) is 28.6 Å². The summed E-state index contributed by atoms with van der Waals surface area (Å²) in [4.78, 5) is 48.5. The van der Waals surface area contributed by atoms with Gasteiger partial charge in [-0.3, -0.25) is 14.0 Å². The fraction of sp³-hybridized carbons (Fsp3) is 0.269. The van der Waals surface area contributed by atoms with E-state index in [4.69, 9.17) is 9.72 Å². The molecule has 34 heavy (non-hydrogen) atoms. The van der Waals surface area contributed by atoms with Crippen LogP contribution < -0.4 is 11.0 Å². The molecule has 0 saturated carbocycles. The number of esters is 1. The smallest absolute Gasteiger partial charge is 0.341 e. The van der Waals surface area contributed by atoms with Crippen LogP contribution in [0.2, 0.25) is 0 Å². The minimum absolute atomic E-state index is 0.0507. The molecular formula is C26H26N4O4. The van der Waals surface area contributed by atoms with Crippen LogP contribution in [-0.4, -0.2) is 32.4 Å². The van der Waals surface area contributed by atoms with E-state index in [1.807, 2.05) is 39.0 Å². The third-order valence-corrected chi connectivity index (χ3v) is 5.55. The first-order valence-electron chi connectivity index (χ1n) is 11.2. The monoisotopic (exact) mass is 458 g/mol. The molecule has 0 saturated heterocycles. The molecule has 0 fully saturated rings. The van der Waals surface area contributed by atoms with Crippen molar-refractivity contribution in [2.45, 2.75) is 40.7 Å². The highest BCUT2D eigenvalue weighted by atomic mass is 16.5. The average molecular weight is 459 g/mol. The summed E-state index contributed by atoms with van der Waals surface area (Å²) in [6, 6.07) is 12.1. The molecule has 0 aliphatic rings. The second kappa shape index (κ2) is 9.43. The maximum Gasteiger partial charge on any atom is 0.341 e. The molecule has 4 aromatic rings. The number of aryl methyl sites for hydroxylation is 3. The predicted molar refractivity (Wildman–Crippen MR) is 129 cm³/mol. The van der Waals surface area contributed by atoms with Crippen molar-refractivity contribution in [1.82, 2.24) is 14.0 Å². The van der Waals surface area contributed by atoms with Crippen LogP contribution in [-0.2, 0) is 11.3 Å². The van der Waals surface area contributed by atoms with Gasteiger partial charge in [0, 0.05) is 18.3 Å². The third kappa shape index (κ3) is 4.14. The van der Waals surface area contributed by atoms with E-state index in [0.717, 1.165) is 11.1 Å². The van der Waals surface area contributed by atoms with Gasteiger partial charge >= 0.3 is 5.97 Å². The molecule has 3 aromatic heterocycles. The first-order chi connectivity index (χ1) is 16.3. The number of aromatic nitrogens is 3. The lowest BCUT2D eigenvalue weighted by Crippen LogP contribution is -2.32.